The molecule has 10 nitrogen and oxygen atoms in total. The number of anilines is 2. The average Bonchev–Trinajstić information content (AvgIpc) is 3.30. The number of hydrogen-bond donors (Lipinski definition) is 4. The smallest absolute Gasteiger partial charge is 0.263 e. The van der Waals surface area contributed by atoms with Gasteiger partial charge in [0.05, 0.1) is 40.6 Å². The fraction of sp³-hybridized carbons (Fsp3) is 0.310. The first-order chi connectivity index (χ1) is 19.2. The highest BCUT2D eigenvalue weighted by Crippen LogP contribution is 2.42. The number of halogens is 1. The van der Waals surface area contributed by atoms with E-state index in [4.69, 9.17) is 9.72 Å². The van der Waals surface area contributed by atoms with Gasteiger partial charge in [0.2, 0.25) is 0 Å². The third kappa shape index (κ3) is 4.46. The zero-order chi connectivity index (χ0) is 28.1. The van der Waals surface area contributed by atoms with Crippen molar-refractivity contribution in [2.75, 3.05) is 57.6 Å². The number of likely N-dealkylation sites (N-methyl/N-ethyl adjacent to an activating group) is 1. The summed E-state index contributed by atoms with van der Waals surface area (Å²) in [5.41, 5.74) is 4.30. The maximum atomic E-state index is 14.8. The molecule has 40 heavy (non-hydrogen) atoms. The Morgan fingerprint density at radius 1 is 1.25 bits per heavy atom. The van der Waals surface area contributed by atoms with E-state index in [2.05, 4.69) is 20.1 Å². The molecule has 5 heterocycles. The molecule has 0 unspecified atom stereocenters. The molecule has 0 saturated carbocycles. The number of aliphatic hydroxyl groups is 2. The molecule has 1 aliphatic heterocycles. The number of pyridine rings is 3. The lowest BCUT2D eigenvalue weighted by Crippen LogP contribution is -2.46. The lowest BCUT2D eigenvalue weighted by atomic mass is 10.0. The summed E-state index contributed by atoms with van der Waals surface area (Å²) in [4.78, 5) is 25.5. The molecule has 4 N–H and O–H groups in total. The molecule has 0 spiro atoms. The predicted octanol–water partition coefficient (Wildman–Crippen LogP) is 2.93. The Morgan fingerprint density at radius 3 is 2.80 bits per heavy atom. The number of aromatic nitrogens is 3. The number of hydrogen-bond acceptors (Lipinski definition) is 8. The van der Waals surface area contributed by atoms with Gasteiger partial charge >= 0.3 is 0 Å². The number of morpholine rings is 1. The molecule has 6 rings (SSSR count). The number of H-pyrrole nitrogens is 1. The number of benzene rings is 1. The van der Waals surface area contributed by atoms with Gasteiger partial charge in [-0.1, -0.05) is 6.07 Å². The number of nitrogens with zero attached hydrogens (tertiary/aromatic N) is 4. The number of ether oxygens (including phenoxy) is 1. The first-order valence-electron chi connectivity index (χ1n) is 13.1. The van der Waals surface area contributed by atoms with Crippen LogP contribution in [0.2, 0.25) is 0 Å². The first-order valence-corrected chi connectivity index (χ1v) is 13.1. The van der Waals surface area contributed by atoms with Gasteiger partial charge in [-0.2, -0.15) is 0 Å². The van der Waals surface area contributed by atoms with Crippen molar-refractivity contribution in [3.8, 4) is 11.1 Å². The van der Waals surface area contributed by atoms with E-state index in [0.29, 0.717) is 47.5 Å². The highest BCUT2D eigenvalue weighted by atomic mass is 19.1. The summed E-state index contributed by atoms with van der Waals surface area (Å²) >= 11 is 0. The summed E-state index contributed by atoms with van der Waals surface area (Å²) in [5.74, 6) is -0.367. The number of fused-ring (bicyclic) bond motifs is 4. The second-order valence-corrected chi connectivity index (χ2v) is 10.4. The van der Waals surface area contributed by atoms with Crippen LogP contribution in [0.1, 0.15) is 11.9 Å². The molecule has 5 aromatic rings. The Kier molecular flexibility index (Phi) is 6.67. The number of rotatable bonds is 6. The van der Waals surface area contributed by atoms with E-state index < -0.39 is 11.8 Å². The standard InChI is InChI=1S/C29H31FN6O4/c1-31-23-11-17(30)10-21-24-26(35-8-9-40-19(15-35)14-34(2)3)22(12-32-27(24)33-25(21)23)16-4-5-18-6-7-20(29(38)39)28(37)36(18)13-16/h4-7,10-13,19,29,31,38-39H,8-9,14-15H2,1-3H3,(H,32,33)/t19-/m0/s1. The predicted molar refractivity (Wildman–Crippen MR) is 153 cm³/mol. The highest BCUT2D eigenvalue weighted by Gasteiger charge is 2.27. The second kappa shape index (κ2) is 10.2. The molecule has 0 bridgehead atoms. The largest absolute Gasteiger partial charge is 0.386 e. The highest BCUT2D eigenvalue weighted by molar-refractivity contribution is 6.17. The summed E-state index contributed by atoms with van der Waals surface area (Å²) in [6.07, 6.45) is 1.52. The van der Waals surface area contributed by atoms with Crippen LogP contribution in [-0.4, -0.2) is 83.0 Å². The molecule has 1 fully saturated rings. The van der Waals surface area contributed by atoms with Gasteiger partial charge in [0.25, 0.3) is 5.56 Å². The van der Waals surface area contributed by atoms with Crippen LogP contribution >= 0.6 is 0 Å². The molecule has 1 atom stereocenters. The van der Waals surface area contributed by atoms with Crippen molar-refractivity contribution in [2.45, 2.75) is 12.4 Å². The molecule has 11 heteroatoms. The molecular weight excluding hydrogens is 515 g/mol. The van der Waals surface area contributed by atoms with Crippen LogP contribution < -0.4 is 15.8 Å². The van der Waals surface area contributed by atoms with E-state index >= 15 is 0 Å². The minimum absolute atomic E-state index is 0.0394. The molecule has 1 aromatic carbocycles. The SMILES string of the molecule is CNc1cc(F)cc2c1[nH]c1ncc(-c3ccc4ccc(C(O)O)c(=O)n4c3)c(N3CCO[C@@H](CN(C)C)C3)c12. The Balaban J connectivity index is 1.63. The van der Waals surface area contributed by atoms with Crippen LogP contribution in [0.5, 0.6) is 0 Å². The Bertz CT molecular complexity index is 1800. The molecule has 1 saturated heterocycles. The van der Waals surface area contributed by atoms with E-state index in [0.717, 1.165) is 28.7 Å². The van der Waals surface area contributed by atoms with E-state index in [9.17, 15) is 19.4 Å². The van der Waals surface area contributed by atoms with Crippen LogP contribution in [0, 0.1) is 5.82 Å². The molecular formula is C29H31FN6O4. The van der Waals surface area contributed by atoms with Crippen molar-refractivity contribution in [3.05, 3.63) is 70.5 Å². The third-order valence-corrected chi connectivity index (χ3v) is 7.43. The maximum absolute atomic E-state index is 14.8. The molecule has 208 valence electrons. The van der Waals surface area contributed by atoms with Crippen LogP contribution in [0.15, 0.2) is 53.6 Å². The molecule has 0 amide bonds. The fourth-order valence-electron chi connectivity index (χ4n) is 5.65. The van der Waals surface area contributed by atoms with Crippen molar-refractivity contribution in [1.29, 1.82) is 0 Å². The van der Waals surface area contributed by atoms with Crippen molar-refractivity contribution >= 4 is 38.8 Å². The average molecular weight is 547 g/mol. The maximum Gasteiger partial charge on any atom is 0.263 e. The number of nitrogens with one attached hydrogen (secondary N) is 2. The summed E-state index contributed by atoms with van der Waals surface area (Å²) in [5, 5.41) is 23.9. The minimum Gasteiger partial charge on any atom is -0.386 e. The van der Waals surface area contributed by atoms with Crippen LogP contribution in [0.4, 0.5) is 15.8 Å². The number of aliphatic hydroxyl groups excluding tert-OH is 1. The summed E-state index contributed by atoms with van der Waals surface area (Å²) in [7, 11) is 5.76. The molecule has 1 aliphatic rings. The Labute approximate surface area is 229 Å². The quantitative estimate of drug-likeness (QED) is 0.240. The van der Waals surface area contributed by atoms with Crippen LogP contribution in [-0.2, 0) is 4.74 Å². The van der Waals surface area contributed by atoms with Crippen molar-refractivity contribution in [3.63, 3.8) is 0 Å². The number of aromatic amines is 1. The summed E-state index contributed by atoms with van der Waals surface area (Å²) in [6, 6.07) is 9.75. The van der Waals surface area contributed by atoms with Crippen LogP contribution in [0.3, 0.4) is 0 Å². The normalized spacial score (nSPS) is 16.2. The Morgan fingerprint density at radius 2 is 2.05 bits per heavy atom. The van der Waals surface area contributed by atoms with E-state index in [1.54, 1.807) is 31.6 Å². The van der Waals surface area contributed by atoms with Gasteiger partial charge in [-0.15, -0.1) is 0 Å². The van der Waals surface area contributed by atoms with E-state index in [1.807, 2.05) is 20.2 Å². The zero-order valence-corrected chi connectivity index (χ0v) is 22.5. The zero-order valence-electron chi connectivity index (χ0n) is 22.5. The minimum atomic E-state index is -1.88. The summed E-state index contributed by atoms with van der Waals surface area (Å²) < 4.78 is 22.3. The van der Waals surface area contributed by atoms with Gasteiger partial charge in [0.15, 0.2) is 6.29 Å². The van der Waals surface area contributed by atoms with Gasteiger partial charge < -0.3 is 35.1 Å². The lowest BCUT2D eigenvalue weighted by Gasteiger charge is -2.37. The van der Waals surface area contributed by atoms with Gasteiger partial charge in [-0.25, -0.2) is 9.37 Å². The summed E-state index contributed by atoms with van der Waals surface area (Å²) in [6.45, 7) is 2.49. The Hall–Kier alpha value is -4.03. The van der Waals surface area contributed by atoms with Gasteiger partial charge in [0.1, 0.15) is 11.5 Å². The topological polar surface area (TPSA) is 118 Å². The molecule has 4 aromatic heterocycles. The first kappa shape index (κ1) is 26.2. The third-order valence-electron chi connectivity index (χ3n) is 7.43. The van der Waals surface area contributed by atoms with Crippen molar-refractivity contribution in [1.82, 2.24) is 19.3 Å². The van der Waals surface area contributed by atoms with Crippen LogP contribution in [0.25, 0.3) is 38.6 Å². The van der Waals surface area contributed by atoms with E-state index in [1.165, 1.54) is 22.6 Å². The monoisotopic (exact) mass is 546 g/mol. The molecule has 0 radical (unpaired) electrons. The van der Waals surface area contributed by atoms with Crippen molar-refractivity contribution < 1.29 is 19.3 Å². The van der Waals surface area contributed by atoms with Crippen molar-refractivity contribution in [2.24, 2.45) is 0 Å². The van der Waals surface area contributed by atoms with Gasteiger partial charge in [-0.3, -0.25) is 9.20 Å². The lowest BCUT2D eigenvalue weighted by molar-refractivity contribution is -0.0436. The van der Waals surface area contributed by atoms with E-state index in [-0.39, 0.29) is 17.5 Å². The van der Waals surface area contributed by atoms with Gasteiger partial charge in [-0.05, 0) is 44.4 Å². The van der Waals surface area contributed by atoms with Gasteiger partial charge in [0, 0.05) is 61.1 Å². The second-order valence-electron chi connectivity index (χ2n) is 10.4. The fourth-order valence-corrected chi connectivity index (χ4v) is 5.65. The molecule has 0 aliphatic carbocycles.